The Bertz CT molecular complexity index is 230. The van der Waals surface area contributed by atoms with E-state index in [9.17, 15) is 17.6 Å². The lowest BCUT2D eigenvalue weighted by molar-refractivity contribution is 0.124. The molecule has 0 unspecified atom stereocenters. The van der Waals surface area contributed by atoms with Crippen molar-refractivity contribution in [1.29, 1.82) is 0 Å². The average Bonchev–Trinajstić information content (AvgIpc) is 2.04. The van der Waals surface area contributed by atoms with Crippen LogP contribution in [-0.2, 0) is 0 Å². The molecule has 1 aromatic rings. The molecule has 0 spiro atoms. The van der Waals surface area contributed by atoms with Gasteiger partial charge in [-0.3, -0.25) is 0 Å². The number of benzene rings is 1. The quantitative estimate of drug-likeness (QED) is 0.607. The van der Waals surface area contributed by atoms with Crippen molar-refractivity contribution in [1.82, 2.24) is 0 Å². The standard InChI is InChI=1S/C8H5F4/c9-7(10)5-3-1-2-4-6(5)8(11)12/h1,3-4,7-8H. The first-order valence-corrected chi connectivity index (χ1v) is 3.19. The van der Waals surface area contributed by atoms with Gasteiger partial charge in [-0.1, -0.05) is 12.1 Å². The molecule has 1 aromatic carbocycles. The van der Waals surface area contributed by atoms with Gasteiger partial charge in [-0.2, -0.15) is 0 Å². The lowest BCUT2D eigenvalue weighted by Gasteiger charge is -2.05. The van der Waals surface area contributed by atoms with Crippen molar-refractivity contribution in [2.45, 2.75) is 12.9 Å². The van der Waals surface area contributed by atoms with Crippen LogP contribution in [0.25, 0.3) is 0 Å². The predicted octanol–water partition coefficient (Wildman–Crippen LogP) is 3.36. The van der Waals surface area contributed by atoms with Gasteiger partial charge in [0.05, 0.1) is 0 Å². The molecule has 0 amide bonds. The second-order valence-corrected chi connectivity index (χ2v) is 2.16. The molecule has 0 saturated carbocycles. The van der Waals surface area contributed by atoms with Crippen LogP contribution < -0.4 is 0 Å². The minimum atomic E-state index is -2.87. The molecule has 0 nitrogen and oxygen atoms in total. The Morgan fingerprint density at radius 2 is 1.58 bits per heavy atom. The molecule has 0 heterocycles. The summed E-state index contributed by atoms with van der Waals surface area (Å²) in [6.07, 6.45) is -5.73. The summed E-state index contributed by atoms with van der Waals surface area (Å²) in [6, 6.07) is 5.34. The Morgan fingerprint density at radius 1 is 1.00 bits per heavy atom. The number of rotatable bonds is 2. The Labute approximate surface area is 66.8 Å². The van der Waals surface area contributed by atoms with Gasteiger partial charge in [-0.05, 0) is 12.1 Å². The molecule has 1 radical (unpaired) electrons. The molecule has 0 aromatic heterocycles. The Kier molecular flexibility index (Phi) is 2.68. The highest BCUT2D eigenvalue weighted by Gasteiger charge is 2.18. The minimum Gasteiger partial charge on any atom is -0.205 e. The third-order valence-electron chi connectivity index (χ3n) is 1.40. The molecule has 65 valence electrons. The molecular formula is C8H5F4. The van der Waals surface area contributed by atoms with Crippen LogP contribution in [0, 0.1) is 6.07 Å². The topological polar surface area (TPSA) is 0 Å². The van der Waals surface area contributed by atoms with Crippen LogP contribution in [0.3, 0.4) is 0 Å². The summed E-state index contributed by atoms with van der Waals surface area (Å²) in [7, 11) is 0. The van der Waals surface area contributed by atoms with E-state index in [1.807, 2.05) is 0 Å². The normalized spacial score (nSPS) is 11.2. The largest absolute Gasteiger partial charge is 0.264 e. The molecule has 0 fully saturated rings. The third kappa shape index (κ3) is 1.75. The van der Waals surface area contributed by atoms with Gasteiger partial charge in [0.25, 0.3) is 12.9 Å². The molecule has 0 aliphatic heterocycles. The van der Waals surface area contributed by atoms with Crippen LogP contribution >= 0.6 is 0 Å². The fourth-order valence-electron chi connectivity index (χ4n) is 0.843. The van der Waals surface area contributed by atoms with Crippen LogP contribution in [0.15, 0.2) is 18.2 Å². The minimum absolute atomic E-state index is 0.622. The number of halogens is 4. The zero-order chi connectivity index (χ0) is 9.14. The Hall–Kier alpha value is -1.06. The van der Waals surface area contributed by atoms with Crippen molar-refractivity contribution in [3.8, 4) is 0 Å². The van der Waals surface area contributed by atoms with Gasteiger partial charge in [0.2, 0.25) is 0 Å². The summed E-state index contributed by atoms with van der Waals surface area (Å²) in [4.78, 5) is 0. The van der Waals surface area contributed by atoms with Gasteiger partial charge in [0.15, 0.2) is 0 Å². The number of alkyl halides is 4. The summed E-state index contributed by atoms with van der Waals surface area (Å²) in [5.41, 5.74) is -1.27. The zero-order valence-electron chi connectivity index (χ0n) is 5.90. The SMILES string of the molecule is FC(F)c1c[c]ccc1C(F)F. The van der Waals surface area contributed by atoms with E-state index in [0.717, 1.165) is 12.1 Å². The maximum absolute atomic E-state index is 12.0. The van der Waals surface area contributed by atoms with Crippen molar-refractivity contribution in [3.63, 3.8) is 0 Å². The van der Waals surface area contributed by atoms with Crippen LogP contribution in [0.5, 0.6) is 0 Å². The van der Waals surface area contributed by atoms with E-state index in [1.54, 1.807) is 0 Å². The van der Waals surface area contributed by atoms with Gasteiger partial charge in [0.1, 0.15) is 0 Å². The Balaban J connectivity index is 3.09. The number of hydrogen-bond acceptors (Lipinski definition) is 0. The summed E-state index contributed by atoms with van der Waals surface area (Å²) in [6.45, 7) is 0. The lowest BCUT2D eigenvalue weighted by Crippen LogP contribution is -1.94. The van der Waals surface area contributed by atoms with E-state index in [4.69, 9.17) is 0 Å². The first-order valence-electron chi connectivity index (χ1n) is 3.19. The molecular weight excluding hydrogens is 172 g/mol. The van der Waals surface area contributed by atoms with Gasteiger partial charge in [-0.25, -0.2) is 17.6 Å². The van der Waals surface area contributed by atoms with Crippen molar-refractivity contribution < 1.29 is 17.6 Å². The first-order chi connectivity index (χ1) is 5.63. The molecule has 0 aliphatic rings. The zero-order valence-corrected chi connectivity index (χ0v) is 5.90. The van der Waals surface area contributed by atoms with Crippen molar-refractivity contribution in [2.24, 2.45) is 0 Å². The summed E-state index contributed by atoms with van der Waals surface area (Å²) < 4.78 is 48.2. The molecule has 0 N–H and O–H groups in total. The monoisotopic (exact) mass is 177 g/mol. The van der Waals surface area contributed by atoms with E-state index in [-0.39, 0.29) is 0 Å². The van der Waals surface area contributed by atoms with E-state index >= 15 is 0 Å². The highest BCUT2D eigenvalue weighted by molar-refractivity contribution is 5.28. The van der Waals surface area contributed by atoms with Crippen LogP contribution in [0.2, 0.25) is 0 Å². The fourth-order valence-corrected chi connectivity index (χ4v) is 0.843. The Morgan fingerprint density at radius 3 is 2.00 bits per heavy atom. The highest BCUT2D eigenvalue weighted by atomic mass is 19.3. The molecule has 0 aliphatic carbocycles. The van der Waals surface area contributed by atoms with E-state index in [2.05, 4.69) is 6.07 Å². The van der Waals surface area contributed by atoms with Crippen LogP contribution in [-0.4, -0.2) is 0 Å². The van der Waals surface area contributed by atoms with Crippen molar-refractivity contribution >= 4 is 0 Å². The van der Waals surface area contributed by atoms with E-state index < -0.39 is 24.0 Å². The molecule has 4 heteroatoms. The van der Waals surface area contributed by atoms with E-state index in [0.29, 0.717) is 0 Å². The van der Waals surface area contributed by atoms with Crippen molar-refractivity contribution in [3.05, 3.63) is 35.4 Å². The molecule has 0 atom stereocenters. The second-order valence-electron chi connectivity index (χ2n) is 2.16. The summed E-state index contributed by atoms with van der Waals surface area (Å²) in [5, 5.41) is 0. The summed E-state index contributed by atoms with van der Waals surface area (Å²) >= 11 is 0. The predicted molar refractivity (Wildman–Crippen MR) is 35.2 cm³/mol. The fraction of sp³-hybridized carbons (Fsp3) is 0.250. The van der Waals surface area contributed by atoms with Gasteiger partial charge >= 0.3 is 0 Å². The molecule has 12 heavy (non-hydrogen) atoms. The highest BCUT2D eigenvalue weighted by Crippen LogP contribution is 2.29. The lowest BCUT2D eigenvalue weighted by atomic mass is 10.1. The van der Waals surface area contributed by atoms with Crippen molar-refractivity contribution in [2.75, 3.05) is 0 Å². The van der Waals surface area contributed by atoms with Crippen LogP contribution in [0.4, 0.5) is 17.6 Å². The smallest absolute Gasteiger partial charge is 0.205 e. The average molecular weight is 177 g/mol. The first kappa shape index (κ1) is 9.03. The third-order valence-corrected chi connectivity index (χ3v) is 1.40. The second kappa shape index (κ2) is 3.56. The van der Waals surface area contributed by atoms with Gasteiger partial charge in [-0.15, -0.1) is 0 Å². The van der Waals surface area contributed by atoms with E-state index in [1.165, 1.54) is 6.07 Å². The maximum Gasteiger partial charge on any atom is 0.264 e. The van der Waals surface area contributed by atoms with Gasteiger partial charge < -0.3 is 0 Å². The number of hydrogen-bond donors (Lipinski definition) is 0. The maximum atomic E-state index is 12.0. The molecule has 1 rings (SSSR count). The molecule has 0 bridgehead atoms. The molecule has 0 saturated heterocycles. The van der Waals surface area contributed by atoms with Gasteiger partial charge in [0, 0.05) is 11.1 Å². The summed E-state index contributed by atoms with van der Waals surface area (Å²) in [5.74, 6) is 0. The van der Waals surface area contributed by atoms with Crippen LogP contribution in [0.1, 0.15) is 24.0 Å².